The maximum absolute atomic E-state index is 4.59. The third-order valence-corrected chi connectivity index (χ3v) is 3.68. The van der Waals surface area contributed by atoms with Gasteiger partial charge in [-0.1, -0.05) is 13.0 Å². The Labute approximate surface area is 144 Å². The summed E-state index contributed by atoms with van der Waals surface area (Å²) in [6, 6.07) is 7.99. The van der Waals surface area contributed by atoms with Crippen molar-refractivity contribution < 1.29 is 0 Å². The van der Waals surface area contributed by atoms with E-state index in [9.17, 15) is 0 Å². The Balaban J connectivity index is 1.87. The third kappa shape index (κ3) is 5.68. The molecule has 0 aliphatic heterocycles. The zero-order valence-corrected chi connectivity index (χ0v) is 15.1. The average molecular weight is 328 g/mol. The van der Waals surface area contributed by atoms with Gasteiger partial charge in [0.2, 0.25) is 0 Å². The van der Waals surface area contributed by atoms with Crippen LogP contribution in [0.25, 0.3) is 0 Å². The Hall–Kier alpha value is -2.37. The van der Waals surface area contributed by atoms with E-state index in [1.807, 2.05) is 25.1 Å². The second kappa shape index (κ2) is 9.05. The van der Waals surface area contributed by atoms with Gasteiger partial charge in [0.25, 0.3) is 0 Å². The molecule has 0 aliphatic carbocycles. The topological polar surface area (TPSA) is 67.1 Å². The lowest BCUT2D eigenvalue weighted by Crippen LogP contribution is -2.40. The Kier molecular flexibility index (Phi) is 6.78. The van der Waals surface area contributed by atoms with Crippen LogP contribution in [-0.2, 0) is 13.1 Å². The van der Waals surface area contributed by atoms with Gasteiger partial charge in [0.15, 0.2) is 5.96 Å². The van der Waals surface area contributed by atoms with Gasteiger partial charge in [0, 0.05) is 31.5 Å². The summed E-state index contributed by atoms with van der Waals surface area (Å²) in [6.07, 6.45) is 1.79. The second-order valence-corrected chi connectivity index (χ2v) is 6.11. The lowest BCUT2D eigenvalue weighted by molar-refractivity contribution is 0.436. The standard InChI is InChI=1S/C18H28N6/c1-5-19-18(22-12-17-8-6-7-9-20-17)21-11-14(2)13-24-16(4)10-15(3)23-24/h6-10,14H,5,11-13H2,1-4H3,(H2,19,21,22). The summed E-state index contributed by atoms with van der Waals surface area (Å²) < 4.78 is 2.07. The number of rotatable bonds is 7. The van der Waals surface area contributed by atoms with E-state index in [2.05, 4.69) is 57.2 Å². The van der Waals surface area contributed by atoms with Crippen molar-refractivity contribution in [3.8, 4) is 0 Å². The van der Waals surface area contributed by atoms with Gasteiger partial charge in [-0.15, -0.1) is 0 Å². The lowest BCUT2D eigenvalue weighted by atomic mass is 10.2. The number of hydrogen-bond donors (Lipinski definition) is 2. The number of hydrogen-bond acceptors (Lipinski definition) is 3. The van der Waals surface area contributed by atoms with Gasteiger partial charge in [0.1, 0.15) is 0 Å². The summed E-state index contributed by atoms with van der Waals surface area (Å²) in [7, 11) is 0. The van der Waals surface area contributed by atoms with Gasteiger partial charge in [-0.3, -0.25) is 9.67 Å². The minimum Gasteiger partial charge on any atom is -0.357 e. The van der Waals surface area contributed by atoms with Crippen LogP contribution >= 0.6 is 0 Å². The second-order valence-electron chi connectivity index (χ2n) is 6.11. The number of aromatic nitrogens is 3. The van der Waals surface area contributed by atoms with Crippen LogP contribution < -0.4 is 10.6 Å². The summed E-state index contributed by atoms with van der Waals surface area (Å²) >= 11 is 0. The van der Waals surface area contributed by atoms with Crippen LogP contribution in [0.2, 0.25) is 0 Å². The predicted molar refractivity (Wildman–Crippen MR) is 97.9 cm³/mol. The molecule has 1 atom stereocenters. The molecule has 0 saturated heterocycles. The maximum atomic E-state index is 4.59. The zero-order valence-electron chi connectivity index (χ0n) is 15.1. The highest BCUT2D eigenvalue weighted by Gasteiger charge is 2.08. The molecule has 0 aromatic carbocycles. The molecule has 0 amide bonds. The molecule has 0 aliphatic rings. The summed E-state index contributed by atoms with van der Waals surface area (Å²) in [6.45, 7) is 11.5. The number of guanidine groups is 1. The van der Waals surface area contributed by atoms with Crippen LogP contribution in [0, 0.1) is 19.8 Å². The van der Waals surface area contributed by atoms with Crippen molar-refractivity contribution in [2.24, 2.45) is 10.9 Å². The molecular formula is C18H28N6. The molecule has 130 valence electrons. The smallest absolute Gasteiger partial charge is 0.191 e. The first kappa shape index (κ1) is 18.0. The van der Waals surface area contributed by atoms with Gasteiger partial charge in [0.05, 0.1) is 17.9 Å². The highest BCUT2D eigenvalue weighted by atomic mass is 15.3. The number of nitrogens with zero attached hydrogens (tertiary/aromatic N) is 4. The van der Waals surface area contributed by atoms with Crippen molar-refractivity contribution >= 4 is 5.96 Å². The number of pyridine rings is 1. The Bertz CT molecular complexity index is 647. The Morgan fingerprint density at radius 3 is 2.75 bits per heavy atom. The maximum Gasteiger partial charge on any atom is 0.191 e. The van der Waals surface area contributed by atoms with Crippen molar-refractivity contribution in [3.63, 3.8) is 0 Å². The lowest BCUT2D eigenvalue weighted by Gasteiger charge is -2.16. The van der Waals surface area contributed by atoms with Crippen LogP contribution in [0.4, 0.5) is 0 Å². The normalized spacial score (nSPS) is 12.9. The van der Waals surface area contributed by atoms with Gasteiger partial charge in [-0.05, 0) is 44.9 Å². The molecule has 2 aromatic rings. The molecule has 0 saturated carbocycles. The Morgan fingerprint density at radius 2 is 2.12 bits per heavy atom. The first-order valence-corrected chi connectivity index (χ1v) is 8.51. The quantitative estimate of drug-likeness (QED) is 0.604. The molecule has 6 heteroatoms. The molecule has 0 radical (unpaired) electrons. The van der Waals surface area contributed by atoms with Crippen molar-refractivity contribution in [1.29, 1.82) is 0 Å². The number of nitrogens with one attached hydrogen (secondary N) is 2. The molecule has 24 heavy (non-hydrogen) atoms. The Morgan fingerprint density at radius 1 is 1.29 bits per heavy atom. The van der Waals surface area contributed by atoms with Crippen LogP contribution in [0.3, 0.4) is 0 Å². The van der Waals surface area contributed by atoms with Gasteiger partial charge in [-0.2, -0.15) is 5.10 Å². The summed E-state index contributed by atoms with van der Waals surface area (Å²) in [5.74, 6) is 1.27. The first-order valence-electron chi connectivity index (χ1n) is 8.51. The van der Waals surface area contributed by atoms with E-state index in [1.54, 1.807) is 6.20 Å². The summed E-state index contributed by atoms with van der Waals surface area (Å²) in [5.41, 5.74) is 3.23. The van der Waals surface area contributed by atoms with E-state index in [-0.39, 0.29) is 0 Å². The fourth-order valence-corrected chi connectivity index (χ4v) is 2.48. The number of aliphatic imine (C=N–C) groups is 1. The molecular weight excluding hydrogens is 300 g/mol. The van der Waals surface area contributed by atoms with Gasteiger partial charge in [-0.25, -0.2) is 4.99 Å². The largest absolute Gasteiger partial charge is 0.357 e. The van der Waals surface area contributed by atoms with Crippen LogP contribution in [0.1, 0.15) is 30.9 Å². The van der Waals surface area contributed by atoms with E-state index in [4.69, 9.17) is 0 Å². The van der Waals surface area contributed by atoms with E-state index in [1.165, 1.54) is 5.69 Å². The third-order valence-electron chi connectivity index (χ3n) is 3.68. The van der Waals surface area contributed by atoms with Crippen molar-refractivity contribution in [2.75, 3.05) is 13.1 Å². The van der Waals surface area contributed by atoms with E-state index >= 15 is 0 Å². The average Bonchev–Trinajstić information content (AvgIpc) is 2.88. The van der Waals surface area contributed by atoms with Crippen LogP contribution in [0.5, 0.6) is 0 Å². The highest BCUT2D eigenvalue weighted by molar-refractivity contribution is 5.79. The number of aryl methyl sites for hydroxylation is 2. The predicted octanol–water partition coefficient (Wildman–Crippen LogP) is 2.29. The highest BCUT2D eigenvalue weighted by Crippen LogP contribution is 2.05. The molecule has 2 heterocycles. The van der Waals surface area contributed by atoms with Crippen LogP contribution in [0.15, 0.2) is 35.5 Å². The van der Waals surface area contributed by atoms with E-state index < -0.39 is 0 Å². The van der Waals surface area contributed by atoms with Crippen LogP contribution in [-0.4, -0.2) is 33.8 Å². The van der Waals surface area contributed by atoms with E-state index in [0.717, 1.165) is 37.0 Å². The van der Waals surface area contributed by atoms with Crippen molar-refractivity contribution in [1.82, 2.24) is 25.4 Å². The molecule has 0 fully saturated rings. The summed E-state index contributed by atoms with van der Waals surface area (Å²) in [4.78, 5) is 8.89. The first-order chi connectivity index (χ1) is 11.6. The molecule has 2 aromatic heterocycles. The SMILES string of the molecule is CCNC(=NCc1ccccn1)NCC(C)Cn1nc(C)cc1C. The molecule has 2 rings (SSSR count). The molecule has 6 nitrogen and oxygen atoms in total. The summed E-state index contributed by atoms with van der Waals surface area (Å²) in [5, 5.41) is 11.2. The zero-order chi connectivity index (χ0) is 17.4. The molecule has 0 bridgehead atoms. The minimum atomic E-state index is 0.446. The fourth-order valence-electron chi connectivity index (χ4n) is 2.48. The molecule has 2 N–H and O–H groups in total. The van der Waals surface area contributed by atoms with E-state index in [0.29, 0.717) is 12.5 Å². The van der Waals surface area contributed by atoms with Crippen molar-refractivity contribution in [2.45, 2.75) is 40.8 Å². The monoisotopic (exact) mass is 328 g/mol. The van der Waals surface area contributed by atoms with Gasteiger partial charge < -0.3 is 10.6 Å². The van der Waals surface area contributed by atoms with Gasteiger partial charge >= 0.3 is 0 Å². The fraction of sp³-hybridized carbons (Fsp3) is 0.500. The molecule has 0 spiro atoms. The molecule has 1 unspecified atom stereocenters. The minimum absolute atomic E-state index is 0.446. The van der Waals surface area contributed by atoms with Crippen molar-refractivity contribution in [3.05, 3.63) is 47.5 Å².